The lowest BCUT2D eigenvalue weighted by molar-refractivity contribution is -0.185. The molecule has 308 valence electrons. The molecule has 18 nitrogen and oxygen atoms in total. The number of epoxide rings is 1. The number of amides is 2. The fourth-order valence-electron chi connectivity index (χ4n) is 9.95. The van der Waals surface area contributed by atoms with E-state index in [0.717, 1.165) is 5.65 Å². The molecule has 2 aliphatic carbocycles. The van der Waals surface area contributed by atoms with Gasteiger partial charge in [-0.3, -0.25) is 25.5 Å². The summed E-state index contributed by atoms with van der Waals surface area (Å²) >= 11 is 0. The zero-order chi connectivity index (χ0) is 41.0. The molecule has 3 fully saturated rings. The van der Waals surface area contributed by atoms with Crippen LogP contribution in [-0.4, -0.2) is 129 Å². The number of rotatable bonds is 11. The van der Waals surface area contributed by atoms with Crippen LogP contribution in [0.1, 0.15) is 58.9 Å². The van der Waals surface area contributed by atoms with Crippen LogP contribution in [0.5, 0.6) is 0 Å². The molecule has 7 unspecified atom stereocenters. The predicted octanol–water partition coefficient (Wildman–Crippen LogP) is 0.554. The first-order chi connectivity index (χ1) is 27.7. The van der Waals surface area contributed by atoms with Gasteiger partial charge in [-0.05, 0) is 80.6 Å². The van der Waals surface area contributed by atoms with Crippen molar-refractivity contribution < 1.29 is 34.1 Å². The van der Waals surface area contributed by atoms with E-state index >= 15 is 0 Å². The van der Waals surface area contributed by atoms with Crippen molar-refractivity contribution in [1.29, 1.82) is 0 Å². The predicted molar refractivity (Wildman–Crippen MR) is 215 cm³/mol. The first kappa shape index (κ1) is 39.8. The summed E-state index contributed by atoms with van der Waals surface area (Å²) in [6, 6.07) is -0.726. The smallest absolute Gasteiger partial charge is 0.341 e. The minimum Gasteiger partial charge on any atom is -0.423 e. The van der Waals surface area contributed by atoms with Crippen LogP contribution in [0.15, 0.2) is 56.0 Å². The third-order valence-electron chi connectivity index (χ3n) is 13.3. The number of nitrogens with one attached hydrogen (secondary N) is 4. The zero-order valence-electron chi connectivity index (χ0n) is 33.3. The molecule has 0 aromatic carbocycles. The number of aliphatic hydroxyl groups excluding tert-OH is 2. The van der Waals surface area contributed by atoms with Crippen molar-refractivity contribution in [1.82, 2.24) is 35.8 Å². The van der Waals surface area contributed by atoms with Crippen molar-refractivity contribution >= 4 is 59.4 Å². The van der Waals surface area contributed by atoms with Gasteiger partial charge >= 0.3 is 5.97 Å². The summed E-state index contributed by atoms with van der Waals surface area (Å²) < 4.78 is 14.2. The average molecular weight is 798 g/mol. The highest BCUT2D eigenvalue weighted by molar-refractivity contribution is 6.05. The molecule has 6 aliphatic rings. The van der Waals surface area contributed by atoms with Gasteiger partial charge in [0.1, 0.15) is 16.9 Å². The number of hydrogen-bond donors (Lipinski definition) is 6. The quantitative estimate of drug-likeness (QED) is 0.136. The maximum Gasteiger partial charge on any atom is 0.341 e. The van der Waals surface area contributed by atoms with E-state index in [4.69, 9.17) is 9.47 Å². The zero-order valence-corrected chi connectivity index (χ0v) is 33.3. The fourth-order valence-corrected chi connectivity index (χ4v) is 9.95. The van der Waals surface area contributed by atoms with Gasteiger partial charge < -0.3 is 29.6 Å². The number of ether oxygens (including phenoxy) is 2. The summed E-state index contributed by atoms with van der Waals surface area (Å²) in [7, 11) is 1.86. The van der Waals surface area contributed by atoms with Crippen LogP contribution in [0.4, 0.5) is 0 Å². The van der Waals surface area contributed by atoms with E-state index in [0.29, 0.717) is 67.8 Å². The summed E-state index contributed by atoms with van der Waals surface area (Å²) in [5.74, 6) is -0.979. The Kier molecular flexibility index (Phi) is 10.5. The van der Waals surface area contributed by atoms with Gasteiger partial charge in [0.25, 0.3) is 0 Å². The van der Waals surface area contributed by atoms with Crippen molar-refractivity contribution in [3.63, 3.8) is 0 Å². The van der Waals surface area contributed by atoms with E-state index in [-0.39, 0.29) is 48.2 Å². The van der Waals surface area contributed by atoms with Crippen molar-refractivity contribution in [2.45, 2.75) is 89.3 Å². The minimum absolute atomic E-state index is 0.217. The van der Waals surface area contributed by atoms with Crippen LogP contribution < -0.4 is 21.3 Å². The highest BCUT2D eigenvalue weighted by Crippen LogP contribution is 2.66. The van der Waals surface area contributed by atoms with Gasteiger partial charge in [-0.1, -0.05) is 13.8 Å². The standard InChI is InChI=1S/C40H51N11O7/c1-21(33(54)49-36-41-8-9-42-36)47-26(25-14-24(58-35(25)56)12-23-13-27-32(45-17-23)51(5)20-46-27)15-29-38(3)7-6-31(53)39(4,18-52)28(38)16-30(40(29)19-57-40)48-22(2)34(55)50-37-43-10-11-44-37/h8,10,12-14,17,20-22,26,28-31,47-48,52-53H,6-7,9,11,15-16,18-19H2,1-5H3,(H,42,49,54)(H,44,50,55)/b24-12+/t21?,22?,26?,28?,29?,30?,31-,38+,39+,40?/m1/s1. The number of allylic oxidation sites excluding steroid dienone is 1. The van der Waals surface area contributed by atoms with Crippen molar-refractivity contribution in [2.75, 3.05) is 26.3 Å². The normalized spacial score (nSPS) is 33.4. The lowest BCUT2D eigenvalue weighted by Gasteiger charge is -2.63. The molecule has 2 saturated carbocycles. The molecule has 10 atom stereocenters. The average Bonchev–Trinajstić information content (AvgIpc) is 3.64. The second kappa shape index (κ2) is 15.3. The summed E-state index contributed by atoms with van der Waals surface area (Å²) in [5.41, 5.74) is 0.280. The second-order valence-corrected chi connectivity index (χ2v) is 16.9. The maximum atomic E-state index is 13.9. The summed E-state index contributed by atoms with van der Waals surface area (Å²) in [4.78, 5) is 66.5. The molecule has 2 aromatic rings. The molecule has 1 saturated heterocycles. The largest absolute Gasteiger partial charge is 0.423 e. The number of carbonyl (C=O) groups is 3. The summed E-state index contributed by atoms with van der Waals surface area (Å²) in [5, 5.41) is 35.0. The van der Waals surface area contributed by atoms with Gasteiger partial charge in [0, 0.05) is 43.2 Å². The number of cyclic esters (lactones) is 1. The Morgan fingerprint density at radius 2 is 1.76 bits per heavy atom. The number of aliphatic imine (C=N–C) groups is 4. The van der Waals surface area contributed by atoms with E-state index in [1.54, 1.807) is 51.0 Å². The van der Waals surface area contributed by atoms with E-state index in [1.807, 2.05) is 24.6 Å². The highest BCUT2D eigenvalue weighted by atomic mass is 16.6. The van der Waals surface area contributed by atoms with Crippen LogP contribution in [0, 0.1) is 22.7 Å². The van der Waals surface area contributed by atoms with Crippen molar-refractivity contribution in [3.8, 4) is 0 Å². The molecule has 2 aromatic heterocycles. The van der Waals surface area contributed by atoms with E-state index in [1.165, 1.54) is 0 Å². The molecule has 58 heavy (non-hydrogen) atoms. The number of aryl methyl sites for hydroxylation is 1. The number of fused-ring (bicyclic) bond motifs is 2. The Labute approximate surface area is 335 Å². The third-order valence-corrected chi connectivity index (χ3v) is 13.3. The molecule has 8 rings (SSSR count). The molecule has 18 heteroatoms. The molecule has 2 amide bonds. The Hall–Kier alpha value is -5.01. The number of carbonyl (C=O) groups excluding carboxylic acids is 3. The van der Waals surface area contributed by atoms with Gasteiger partial charge in [0.2, 0.25) is 23.7 Å². The number of guanidine groups is 2. The summed E-state index contributed by atoms with van der Waals surface area (Å²) in [6.45, 7) is 8.51. The van der Waals surface area contributed by atoms with Crippen molar-refractivity contribution in [3.05, 3.63) is 41.6 Å². The van der Waals surface area contributed by atoms with Crippen LogP contribution >= 0.6 is 0 Å². The Bertz CT molecular complexity index is 2190. The molecule has 4 aliphatic heterocycles. The first-order valence-electron chi connectivity index (χ1n) is 19.9. The topological polar surface area (TPSA) is 242 Å². The SMILES string of the molecule is CC(NC(CC1C2(CO2)C(NC(C)C(=O)NC2=NCC=N2)CC2[C@]1(C)CC[C@@H](O)[C@@]2(C)CO)C1=C/C(=C\c2cnc3c(c2)ncn3C)OC1=O)C(=O)NC1=NCC=N1. The van der Waals surface area contributed by atoms with Gasteiger partial charge in [-0.2, -0.15) is 0 Å². The van der Waals surface area contributed by atoms with Gasteiger partial charge in [0.05, 0.1) is 56.4 Å². The first-order valence-corrected chi connectivity index (χ1v) is 19.9. The lowest BCUT2D eigenvalue weighted by atomic mass is 9.43. The number of aromatic nitrogens is 3. The van der Waals surface area contributed by atoms with E-state index < -0.39 is 46.6 Å². The minimum atomic E-state index is -0.872. The summed E-state index contributed by atoms with van der Waals surface area (Å²) in [6.07, 6.45) is 11.2. The Morgan fingerprint density at radius 3 is 2.40 bits per heavy atom. The van der Waals surface area contributed by atoms with Gasteiger partial charge in [-0.15, -0.1) is 0 Å². The number of nitrogens with zero attached hydrogens (tertiary/aromatic N) is 7. The second-order valence-electron chi connectivity index (χ2n) is 16.9. The monoisotopic (exact) mass is 797 g/mol. The van der Waals surface area contributed by atoms with Gasteiger partial charge in [0.15, 0.2) is 5.65 Å². The number of imidazole rings is 1. The third kappa shape index (κ3) is 7.20. The molecular formula is C40H51N11O7. The van der Waals surface area contributed by atoms with Crippen LogP contribution in [0.2, 0.25) is 0 Å². The fraction of sp³-hybridized carbons (Fsp3) is 0.575. The van der Waals surface area contributed by atoms with Crippen LogP contribution in [0.25, 0.3) is 17.2 Å². The van der Waals surface area contributed by atoms with Crippen LogP contribution in [-0.2, 0) is 30.9 Å². The number of esters is 1. The van der Waals surface area contributed by atoms with Gasteiger partial charge in [-0.25, -0.2) is 34.7 Å². The van der Waals surface area contributed by atoms with E-state index in [9.17, 15) is 24.6 Å². The number of hydrogen-bond acceptors (Lipinski definition) is 15. The molecule has 6 N–H and O–H groups in total. The molecular weight excluding hydrogens is 747 g/mol. The van der Waals surface area contributed by atoms with Crippen LogP contribution in [0.3, 0.4) is 0 Å². The van der Waals surface area contributed by atoms with E-state index in [2.05, 4.69) is 58.1 Å². The maximum absolute atomic E-state index is 13.9. The molecule has 0 radical (unpaired) electrons. The Morgan fingerprint density at radius 1 is 1.07 bits per heavy atom. The highest BCUT2D eigenvalue weighted by Gasteiger charge is 2.71. The lowest BCUT2D eigenvalue weighted by Crippen LogP contribution is -2.68. The van der Waals surface area contributed by atoms with Crippen molar-refractivity contribution in [2.24, 2.45) is 49.7 Å². The number of aliphatic hydroxyl groups is 2. The molecule has 6 heterocycles. The number of pyridine rings is 1. The molecule has 1 spiro atoms. The molecule has 0 bridgehead atoms. The Balaban J connectivity index is 1.15.